The Morgan fingerprint density at radius 2 is 2.41 bits per heavy atom. The van der Waals surface area contributed by atoms with E-state index in [1.807, 2.05) is 6.92 Å². The first-order chi connectivity index (χ1) is 8.29. The first kappa shape index (κ1) is 11.6. The van der Waals surface area contributed by atoms with Gasteiger partial charge in [0.15, 0.2) is 0 Å². The molecule has 6 nitrogen and oxygen atoms in total. The molecule has 17 heavy (non-hydrogen) atoms. The third kappa shape index (κ3) is 3.04. The predicted molar refractivity (Wildman–Crippen MR) is 64.0 cm³/mol. The van der Waals surface area contributed by atoms with Crippen LogP contribution in [-0.4, -0.2) is 22.6 Å². The Kier molecular flexibility index (Phi) is 3.71. The molecule has 0 unspecified atom stereocenters. The molecule has 2 rings (SSSR count). The topological polar surface area (TPSA) is 80.0 Å². The van der Waals surface area contributed by atoms with Gasteiger partial charge < -0.3 is 15.1 Å². The van der Waals surface area contributed by atoms with Crippen LogP contribution in [0, 0.1) is 0 Å². The summed E-state index contributed by atoms with van der Waals surface area (Å²) >= 11 is 1.23. The molecule has 0 radical (unpaired) electrons. The van der Waals surface area contributed by atoms with E-state index in [0.29, 0.717) is 16.7 Å². The number of carbonyl (C=O) groups excluding carboxylic acids is 1. The van der Waals surface area contributed by atoms with Gasteiger partial charge in [-0.2, -0.15) is 0 Å². The van der Waals surface area contributed by atoms with Crippen molar-refractivity contribution in [2.75, 3.05) is 11.9 Å². The van der Waals surface area contributed by atoms with Gasteiger partial charge in [0.05, 0.1) is 12.5 Å². The molecule has 0 saturated heterocycles. The van der Waals surface area contributed by atoms with Crippen LogP contribution in [0.25, 0.3) is 0 Å². The fourth-order valence-electron chi connectivity index (χ4n) is 1.19. The second-order valence-corrected chi connectivity index (χ2v) is 4.23. The van der Waals surface area contributed by atoms with E-state index in [4.69, 9.17) is 4.42 Å². The molecule has 2 N–H and O–H groups in total. The minimum absolute atomic E-state index is 0.229. The van der Waals surface area contributed by atoms with Gasteiger partial charge in [-0.15, -0.1) is 10.2 Å². The van der Waals surface area contributed by atoms with Crippen LogP contribution in [0.1, 0.15) is 22.3 Å². The Morgan fingerprint density at radius 1 is 1.53 bits per heavy atom. The molecule has 0 aliphatic carbocycles. The summed E-state index contributed by atoms with van der Waals surface area (Å²) in [6.45, 7) is 3.14. The van der Waals surface area contributed by atoms with Crippen LogP contribution < -0.4 is 10.6 Å². The first-order valence-corrected chi connectivity index (χ1v) is 5.98. The standard InChI is InChI=1S/C10H12N4O2S/c1-2-11-10-14-13-9(17-10)8(15)12-5-7-3-4-16-6-7/h3-4,6H,2,5H2,1H3,(H,11,14)(H,12,15). The highest BCUT2D eigenvalue weighted by atomic mass is 32.1. The molecule has 0 saturated carbocycles. The first-order valence-electron chi connectivity index (χ1n) is 5.16. The average molecular weight is 252 g/mol. The molecule has 2 heterocycles. The normalized spacial score (nSPS) is 10.2. The molecular formula is C10H12N4O2S. The van der Waals surface area contributed by atoms with Crippen molar-refractivity contribution in [1.82, 2.24) is 15.5 Å². The molecule has 0 aliphatic rings. The van der Waals surface area contributed by atoms with Crippen molar-refractivity contribution in [3.05, 3.63) is 29.2 Å². The Hall–Kier alpha value is -1.89. The summed E-state index contributed by atoms with van der Waals surface area (Å²) in [4.78, 5) is 11.7. The highest BCUT2D eigenvalue weighted by molar-refractivity contribution is 7.17. The van der Waals surface area contributed by atoms with Crippen molar-refractivity contribution >= 4 is 22.4 Å². The fourth-order valence-corrected chi connectivity index (χ4v) is 1.92. The second-order valence-electron chi connectivity index (χ2n) is 3.26. The number of hydrogen-bond donors (Lipinski definition) is 2. The smallest absolute Gasteiger partial charge is 0.282 e. The zero-order valence-corrected chi connectivity index (χ0v) is 10.1. The lowest BCUT2D eigenvalue weighted by atomic mass is 10.3. The molecule has 0 aromatic carbocycles. The Bertz CT molecular complexity index is 480. The molecule has 0 aliphatic heterocycles. The fraction of sp³-hybridized carbons (Fsp3) is 0.300. The van der Waals surface area contributed by atoms with Crippen molar-refractivity contribution in [2.45, 2.75) is 13.5 Å². The lowest BCUT2D eigenvalue weighted by Crippen LogP contribution is -2.22. The third-order valence-electron chi connectivity index (χ3n) is 1.98. The minimum atomic E-state index is -0.229. The van der Waals surface area contributed by atoms with Crippen LogP contribution in [0.2, 0.25) is 0 Å². The van der Waals surface area contributed by atoms with Crippen molar-refractivity contribution in [1.29, 1.82) is 0 Å². The van der Waals surface area contributed by atoms with Gasteiger partial charge in [0, 0.05) is 18.7 Å². The number of nitrogens with zero attached hydrogens (tertiary/aromatic N) is 2. The molecule has 0 spiro atoms. The summed E-state index contributed by atoms with van der Waals surface area (Å²) in [5.74, 6) is -0.229. The minimum Gasteiger partial charge on any atom is -0.472 e. The maximum absolute atomic E-state index is 11.7. The van der Waals surface area contributed by atoms with E-state index in [1.54, 1.807) is 18.6 Å². The predicted octanol–water partition coefficient (Wildman–Crippen LogP) is 1.49. The van der Waals surface area contributed by atoms with Gasteiger partial charge in [-0.25, -0.2) is 0 Å². The molecular weight excluding hydrogens is 240 g/mol. The Labute approximate surface area is 102 Å². The summed E-state index contributed by atoms with van der Waals surface area (Å²) in [6, 6.07) is 1.80. The van der Waals surface area contributed by atoms with Gasteiger partial charge in [-0.3, -0.25) is 4.79 Å². The van der Waals surface area contributed by atoms with Gasteiger partial charge in [0.2, 0.25) is 10.1 Å². The molecule has 0 fully saturated rings. The van der Waals surface area contributed by atoms with Gasteiger partial charge in [0.1, 0.15) is 0 Å². The van der Waals surface area contributed by atoms with Gasteiger partial charge in [0.25, 0.3) is 5.91 Å². The van der Waals surface area contributed by atoms with Gasteiger partial charge in [-0.1, -0.05) is 11.3 Å². The Balaban J connectivity index is 1.90. The van der Waals surface area contributed by atoms with E-state index in [-0.39, 0.29) is 5.91 Å². The van der Waals surface area contributed by atoms with E-state index >= 15 is 0 Å². The number of hydrogen-bond acceptors (Lipinski definition) is 6. The van der Waals surface area contributed by atoms with Crippen LogP contribution in [0.5, 0.6) is 0 Å². The molecule has 7 heteroatoms. The van der Waals surface area contributed by atoms with Crippen LogP contribution in [0.4, 0.5) is 5.13 Å². The summed E-state index contributed by atoms with van der Waals surface area (Å²) in [5, 5.41) is 14.4. The average Bonchev–Trinajstić information content (AvgIpc) is 2.97. The number of amides is 1. The van der Waals surface area contributed by atoms with Crippen LogP contribution in [0.3, 0.4) is 0 Å². The second kappa shape index (κ2) is 5.44. The van der Waals surface area contributed by atoms with Crippen molar-refractivity contribution in [2.24, 2.45) is 0 Å². The van der Waals surface area contributed by atoms with Gasteiger partial charge >= 0.3 is 0 Å². The molecule has 0 atom stereocenters. The number of furan rings is 1. The van der Waals surface area contributed by atoms with E-state index < -0.39 is 0 Å². The quantitative estimate of drug-likeness (QED) is 0.842. The van der Waals surface area contributed by atoms with E-state index in [1.165, 1.54) is 11.3 Å². The molecule has 2 aromatic rings. The monoisotopic (exact) mass is 252 g/mol. The highest BCUT2D eigenvalue weighted by Crippen LogP contribution is 2.14. The third-order valence-corrected chi connectivity index (χ3v) is 2.86. The molecule has 1 amide bonds. The van der Waals surface area contributed by atoms with Crippen LogP contribution >= 0.6 is 11.3 Å². The van der Waals surface area contributed by atoms with Crippen molar-refractivity contribution in [3.63, 3.8) is 0 Å². The van der Waals surface area contributed by atoms with Crippen LogP contribution in [0.15, 0.2) is 23.0 Å². The van der Waals surface area contributed by atoms with E-state index in [0.717, 1.165) is 12.1 Å². The van der Waals surface area contributed by atoms with E-state index in [9.17, 15) is 4.79 Å². The highest BCUT2D eigenvalue weighted by Gasteiger charge is 2.12. The maximum atomic E-state index is 11.7. The summed E-state index contributed by atoms with van der Waals surface area (Å²) < 4.78 is 4.90. The number of nitrogens with one attached hydrogen (secondary N) is 2. The SMILES string of the molecule is CCNc1nnc(C(=O)NCc2ccoc2)s1. The number of carbonyl (C=O) groups is 1. The number of aromatic nitrogens is 2. The van der Waals surface area contributed by atoms with Crippen molar-refractivity contribution < 1.29 is 9.21 Å². The number of anilines is 1. The summed E-state index contributed by atoms with van der Waals surface area (Å²) in [7, 11) is 0. The maximum Gasteiger partial charge on any atom is 0.282 e. The number of rotatable bonds is 5. The van der Waals surface area contributed by atoms with E-state index in [2.05, 4.69) is 20.8 Å². The largest absolute Gasteiger partial charge is 0.472 e. The zero-order chi connectivity index (χ0) is 12.1. The lowest BCUT2D eigenvalue weighted by molar-refractivity contribution is 0.0950. The molecule has 90 valence electrons. The zero-order valence-electron chi connectivity index (χ0n) is 9.27. The van der Waals surface area contributed by atoms with Gasteiger partial charge in [-0.05, 0) is 13.0 Å². The summed E-state index contributed by atoms with van der Waals surface area (Å²) in [6.07, 6.45) is 3.15. The van der Waals surface area contributed by atoms with Crippen molar-refractivity contribution in [3.8, 4) is 0 Å². The molecule has 2 aromatic heterocycles. The van der Waals surface area contributed by atoms with Crippen LogP contribution in [-0.2, 0) is 6.54 Å². The summed E-state index contributed by atoms with van der Waals surface area (Å²) in [5.41, 5.74) is 0.912. The Morgan fingerprint density at radius 3 is 3.12 bits per heavy atom. The molecule has 0 bridgehead atoms. The lowest BCUT2D eigenvalue weighted by Gasteiger charge is -1.98.